The van der Waals surface area contributed by atoms with Crippen molar-refractivity contribution in [1.82, 2.24) is 14.7 Å². The van der Waals surface area contributed by atoms with Gasteiger partial charge in [-0.15, -0.1) is 0 Å². The van der Waals surface area contributed by atoms with Crippen molar-refractivity contribution in [3.8, 4) is 0 Å². The topological polar surface area (TPSA) is 9.72 Å². The van der Waals surface area contributed by atoms with E-state index in [1.54, 1.807) is 0 Å². The molecular weight excluding hydrogens is 294 g/mol. The number of nitrogens with zero attached hydrogens (tertiary/aromatic N) is 3. The molecule has 0 radical (unpaired) electrons. The van der Waals surface area contributed by atoms with Crippen LogP contribution in [0.1, 0.15) is 44.6 Å². The molecular formula is C21H33N3. The monoisotopic (exact) mass is 327 g/mol. The predicted octanol–water partition coefficient (Wildman–Crippen LogP) is 3.21. The first-order valence-electron chi connectivity index (χ1n) is 9.98. The summed E-state index contributed by atoms with van der Waals surface area (Å²) in [5.41, 5.74) is 1.94. The van der Waals surface area contributed by atoms with E-state index in [1.165, 1.54) is 76.9 Å². The molecule has 4 rings (SSSR count). The lowest BCUT2D eigenvalue weighted by atomic mass is 9.87. The van der Waals surface area contributed by atoms with Crippen molar-refractivity contribution in [2.24, 2.45) is 0 Å². The molecule has 3 fully saturated rings. The molecule has 24 heavy (non-hydrogen) atoms. The summed E-state index contributed by atoms with van der Waals surface area (Å²) >= 11 is 0. The summed E-state index contributed by atoms with van der Waals surface area (Å²) in [6.45, 7) is 11.4. The number of likely N-dealkylation sites (tertiary alicyclic amines) is 3. The zero-order chi connectivity index (χ0) is 16.4. The van der Waals surface area contributed by atoms with Gasteiger partial charge in [-0.2, -0.15) is 0 Å². The average Bonchev–Trinajstić information content (AvgIpc) is 3.29. The number of piperidine rings is 1. The molecule has 1 atom stereocenters. The van der Waals surface area contributed by atoms with Gasteiger partial charge in [-0.05, 0) is 57.7 Å². The summed E-state index contributed by atoms with van der Waals surface area (Å²) in [5.74, 6) is 0. The van der Waals surface area contributed by atoms with Crippen LogP contribution in [-0.4, -0.2) is 65.5 Å². The SMILES string of the molecule is CC1(N2CCCC2)CCN(C2CCN(Cc3ccccc3)C2)CC1. The Morgan fingerprint density at radius 3 is 2.38 bits per heavy atom. The molecule has 3 heterocycles. The molecule has 3 aliphatic rings. The molecule has 0 aromatic heterocycles. The van der Waals surface area contributed by atoms with Gasteiger partial charge in [-0.3, -0.25) is 14.7 Å². The van der Waals surface area contributed by atoms with E-state index in [1.807, 2.05) is 0 Å². The third kappa shape index (κ3) is 3.54. The van der Waals surface area contributed by atoms with Crippen LogP contribution in [0.3, 0.4) is 0 Å². The lowest BCUT2D eigenvalue weighted by Crippen LogP contribution is -2.54. The van der Waals surface area contributed by atoms with Crippen molar-refractivity contribution >= 4 is 0 Å². The predicted molar refractivity (Wildman–Crippen MR) is 100 cm³/mol. The highest BCUT2D eigenvalue weighted by molar-refractivity contribution is 5.14. The fourth-order valence-corrected chi connectivity index (χ4v) is 5.04. The summed E-state index contributed by atoms with van der Waals surface area (Å²) in [4.78, 5) is 8.22. The van der Waals surface area contributed by atoms with E-state index in [4.69, 9.17) is 0 Å². The smallest absolute Gasteiger partial charge is 0.0235 e. The van der Waals surface area contributed by atoms with Gasteiger partial charge in [0.05, 0.1) is 0 Å². The first-order valence-corrected chi connectivity index (χ1v) is 9.98. The minimum absolute atomic E-state index is 0.481. The van der Waals surface area contributed by atoms with Crippen molar-refractivity contribution < 1.29 is 0 Å². The van der Waals surface area contributed by atoms with Crippen LogP contribution in [0.25, 0.3) is 0 Å². The highest BCUT2D eigenvalue weighted by atomic mass is 15.3. The van der Waals surface area contributed by atoms with Crippen LogP contribution in [0.5, 0.6) is 0 Å². The fraction of sp³-hybridized carbons (Fsp3) is 0.714. The van der Waals surface area contributed by atoms with Gasteiger partial charge >= 0.3 is 0 Å². The van der Waals surface area contributed by atoms with Crippen molar-refractivity contribution in [2.75, 3.05) is 39.3 Å². The van der Waals surface area contributed by atoms with Gasteiger partial charge in [0.25, 0.3) is 0 Å². The summed E-state index contributed by atoms with van der Waals surface area (Å²) in [6.07, 6.45) is 6.91. The van der Waals surface area contributed by atoms with E-state index in [-0.39, 0.29) is 0 Å². The second-order valence-electron chi connectivity index (χ2n) is 8.39. The number of benzene rings is 1. The molecule has 3 heteroatoms. The number of rotatable bonds is 4. The maximum absolute atomic E-state index is 2.79. The fourth-order valence-electron chi connectivity index (χ4n) is 5.04. The summed E-state index contributed by atoms with van der Waals surface area (Å²) < 4.78 is 0. The molecule has 0 amide bonds. The van der Waals surface area contributed by atoms with Crippen LogP contribution >= 0.6 is 0 Å². The van der Waals surface area contributed by atoms with Gasteiger partial charge in [0, 0.05) is 44.3 Å². The van der Waals surface area contributed by atoms with Gasteiger partial charge in [0.1, 0.15) is 0 Å². The normalized spacial score (nSPS) is 29.3. The molecule has 1 aromatic rings. The van der Waals surface area contributed by atoms with Gasteiger partial charge in [-0.25, -0.2) is 0 Å². The Morgan fingerprint density at radius 2 is 1.67 bits per heavy atom. The summed E-state index contributed by atoms with van der Waals surface area (Å²) in [7, 11) is 0. The van der Waals surface area contributed by atoms with E-state index < -0.39 is 0 Å². The maximum Gasteiger partial charge on any atom is 0.0235 e. The summed E-state index contributed by atoms with van der Waals surface area (Å²) in [5, 5.41) is 0. The zero-order valence-electron chi connectivity index (χ0n) is 15.3. The quantitative estimate of drug-likeness (QED) is 0.841. The van der Waals surface area contributed by atoms with Crippen LogP contribution in [0.2, 0.25) is 0 Å². The van der Waals surface area contributed by atoms with E-state index in [0.29, 0.717) is 5.54 Å². The molecule has 3 aliphatic heterocycles. The molecule has 3 nitrogen and oxygen atoms in total. The van der Waals surface area contributed by atoms with E-state index in [2.05, 4.69) is 52.0 Å². The van der Waals surface area contributed by atoms with E-state index >= 15 is 0 Å². The van der Waals surface area contributed by atoms with Crippen LogP contribution in [0, 0.1) is 0 Å². The molecule has 1 unspecified atom stereocenters. The van der Waals surface area contributed by atoms with Gasteiger partial charge in [-0.1, -0.05) is 30.3 Å². The highest BCUT2D eigenvalue weighted by Crippen LogP contribution is 2.33. The number of hydrogen-bond donors (Lipinski definition) is 0. The molecule has 132 valence electrons. The van der Waals surface area contributed by atoms with Crippen LogP contribution in [0.4, 0.5) is 0 Å². The second kappa shape index (κ2) is 7.15. The third-order valence-corrected chi connectivity index (χ3v) is 6.76. The molecule has 0 N–H and O–H groups in total. The molecule has 0 aliphatic carbocycles. The average molecular weight is 328 g/mol. The lowest BCUT2D eigenvalue weighted by Gasteiger charge is -2.46. The standard InChI is InChI=1S/C21H33N3/c1-21(24-12-5-6-13-24)10-15-23(16-11-21)20-9-14-22(18-20)17-19-7-3-2-4-8-19/h2-4,7-8,20H,5-6,9-18H2,1H3. The largest absolute Gasteiger partial charge is 0.299 e. The summed E-state index contributed by atoms with van der Waals surface area (Å²) in [6, 6.07) is 11.7. The van der Waals surface area contributed by atoms with Crippen LogP contribution in [-0.2, 0) is 6.54 Å². The highest BCUT2D eigenvalue weighted by Gasteiger charge is 2.39. The Morgan fingerprint density at radius 1 is 0.958 bits per heavy atom. The lowest BCUT2D eigenvalue weighted by molar-refractivity contribution is 0.0354. The Balaban J connectivity index is 1.27. The molecule has 1 aromatic carbocycles. The Bertz CT molecular complexity index is 515. The third-order valence-electron chi connectivity index (χ3n) is 6.76. The van der Waals surface area contributed by atoms with Crippen molar-refractivity contribution in [3.63, 3.8) is 0 Å². The zero-order valence-corrected chi connectivity index (χ0v) is 15.3. The van der Waals surface area contributed by atoms with E-state index in [0.717, 1.165) is 12.6 Å². The number of hydrogen-bond acceptors (Lipinski definition) is 3. The second-order valence-corrected chi connectivity index (χ2v) is 8.39. The Kier molecular flexibility index (Phi) is 4.93. The maximum atomic E-state index is 2.79. The van der Waals surface area contributed by atoms with Gasteiger partial charge < -0.3 is 0 Å². The van der Waals surface area contributed by atoms with Crippen molar-refractivity contribution in [2.45, 2.75) is 57.2 Å². The first kappa shape index (κ1) is 16.6. The molecule has 0 saturated carbocycles. The Hall–Kier alpha value is -0.900. The van der Waals surface area contributed by atoms with Crippen molar-refractivity contribution in [1.29, 1.82) is 0 Å². The van der Waals surface area contributed by atoms with Crippen LogP contribution in [0.15, 0.2) is 30.3 Å². The molecule has 0 spiro atoms. The van der Waals surface area contributed by atoms with Gasteiger partial charge in [0.15, 0.2) is 0 Å². The molecule has 3 saturated heterocycles. The van der Waals surface area contributed by atoms with Crippen molar-refractivity contribution in [3.05, 3.63) is 35.9 Å². The minimum atomic E-state index is 0.481. The van der Waals surface area contributed by atoms with Gasteiger partial charge in [0.2, 0.25) is 0 Å². The minimum Gasteiger partial charge on any atom is -0.299 e. The van der Waals surface area contributed by atoms with Crippen LogP contribution < -0.4 is 0 Å². The molecule has 0 bridgehead atoms. The Labute approximate surface area is 147 Å². The first-order chi connectivity index (χ1) is 11.7. The van der Waals surface area contributed by atoms with E-state index in [9.17, 15) is 0 Å².